The number of alkyl halides is 5. The van der Waals surface area contributed by atoms with Crippen molar-refractivity contribution in [2.75, 3.05) is 32.7 Å². The van der Waals surface area contributed by atoms with Gasteiger partial charge in [-0.1, -0.05) is 54.6 Å². The molecule has 306 valence electrons. The van der Waals surface area contributed by atoms with Crippen molar-refractivity contribution in [3.63, 3.8) is 0 Å². The van der Waals surface area contributed by atoms with Crippen LogP contribution < -0.4 is 5.32 Å². The normalized spacial score (nSPS) is 22.6. The highest BCUT2D eigenvalue weighted by Gasteiger charge is 2.58. The molecule has 2 amide bonds. The van der Waals surface area contributed by atoms with Crippen molar-refractivity contribution in [3.05, 3.63) is 102 Å². The number of piperazine rings is 1. The Morgan fingerprint density at radius 1 is 1.02 bits per heavy atom. The number of pyridine rings is 1. The molecule has 4 heterocycles. The zero-order valence-electron chi connectivity index (χ0n) is 32.3. The van der Waals surface area contributed by atoms with Gasteiger partial charge in [-0.05, 0) is 69.4 Å². The van der Waals surface area contributed by atoms with Gasteiger partial charge in [-0.3, -0.25) is 24.4 Å². The second-order valence-corrected chi connectivity index (χ2v) is 16.4. The molecule has 57 heavy (non-hydrogen) atoms. The second kappa shape index (κ2) is 15.4. The Kier molecular flexibility index (Phi) is 11.0. The number of amides is 2. The van der Waals surface area contributed by atoms with Gasteiger partial charge < -0.3 is 24.5 Å². The van der Waals surface area contributed by atoms with E-state index in [1.54, 1.807) is 28.3 Å². The first-order chi connectivity index (χ1) is 26.9. The number of halogens is 5. The predicted molar refractivity (Wildman–Crippen MR) is 201 cm³/mol. The van der Waals surface area contributed by atoms with Crippen molar-refractivity contribution in [2.24, 2.45) is 5.92 Å². The van der Waals surface area contributed by atoms with E-state index in [1.807, 2.05) is 98.6 Å². The number of nitrogens with one attached hydrogen (secondary N) is 1. The molecule has 5 atom stereocenters. The lowest BCUT2D eigenvalue weighted by Gasteiger charge is -2.47. The molecule has 2 aromatic carbocycles. The minimum atomic E-state index is -5.86. The van der Waals surface area contributed by atoms with E-state index >= 15 is 0 Å². The molecule has 2 N–H and O–H groups in total. The molecule has 7 rings (SSSR count). The van der Waals surface area contributed by atoms with E-state index in [2.05, 4.69) is 4.98 Å². The summed E-state index contributed by atoms with van der Waals surface area (Å²) < 4.78 is 80.0. The fourth-order valence-electron chi connectivity index (χ4n) is 8.71. The molecule has 0 spiro atoms. The molecule has 15 heteroatoms. The van der Waals surface area contributed by atoms with Gasteiger partial charge in [-0.2, -0.15) is 22.0 Å². The first-order valence-electron chi connectivity index (χ1n) is 19.2. The minimum Gasteiger partial charge on any atom is -0.459 e. The molecule has 2 saturated heterocycles. The Morgan fingerprint density at radius 3 is 2.46 bits per heavy atom. The molecular formula is C42H48F5N5O5. The van der Waals surface area contributed by atoms with E-state index in [0.29, 0.717) is 30.7 Å². The Labute approximate surface area is 328 Å². The lowest BCUT2D eigenvalue weighted by atomic mass is 9.90. The van der Waals surface area contributed by atoms with E-state index in [9.17, 15) is 36.6 Å². The number of carbonyl (C=O) groups is 2. The molecule has 0 radical (unpaired) electrons. The molecule has 3 aliphatic rings. The summed E-state index contributed by atoms with van der Waals surface area (Å²) in [7, 11) is 0. The fourth-order valence-corrected chi connectivity index (χ4v) is 8.71. The number of furan rings is 1. The first-order valence-corrected chi connectivity index (χ1v) is 19.2. The maximum absolute atomic E-state index is 14.8. The van der Waals surface area contributed by atoms with Crippen LogP contribution in [0.1, 0.15) is 62.6 Å². The van der Waals surface area contributed by atoms with Crippen LogP contribution >= 0.6 is 0 Å². The van der Waals surface area contributed by atoms with Gasteiger partial charge in [0.1, 0.15) is 23.1 Å². The quantitative estimate of drug-likeness (QED) is 0.163. The molecule has 0 bridgehead atoms. The van der Waals surface area contributed by atoms with Gasteiger partial charge in [-0.15, -0.1) is 0 Å². The summed E-state index contributed by atoms with van der Waals surface area (Å²) >= 11 is 0. The smallest absolute Gasteiger partial charge is 0.455 e. The average Bonchev–Trinajstić information content (AvgIpc) is 3.83. The molecule has 2 aromatic heterocycles. The van der Waals surface area contributed by atoms with E-state index in [-0.39, 0.29) is 44.1 Å². The summed E-state index contributed by atoms with van der Waals surface area (Å²) in [6.45, 7) is 5.78. The Morgan fingerprint density at radius 2 is 1.74 bits per heavy atom. The number of ether oxygens (including phenoxy) is 1. The van der Waals surface area contributed by atoms with Crippen LogP contribution in [0.2, 0.25) is 0 Å². The molecule has 1 aliphatic carbocycles. The Balaban J connectivity index is 1.13. The molecule has 2 fully saturated rings. The summed E-state index contributed by atoms with van der Waals surface area (Å²) in [5.74, 6) is -6.58. The standard InChI is InChI=1S/C42H48F5N5O5/c1-39(2,35-21-29-22-48-15-14-33(29)56-35)51-17-16-50(32(24-51)37(54)49-25-41(43,44)42(45,46)47)23-30(53)19-28(18-26-10-6-5-7-11-26)38(55)52-36-31-13-9-8-12-27(31)20-34(36)57-40(52,3)4/h5-15,21-22,28,30,32,34,36,53H,16-20,23-25H2,1-4H3,(H,49,54)/t28-,30+,32+,34-,36+/m1/s1. The maximum atomic E-state index is 14.8. The number of aliphatic hydroxyl groups excluding tert-OH is 1. The van der Waals surface area contributed by atoms with Gasteiger partial charge >= 0.3 is 12.1 Å². The van der Waals surface area contributed by atoms with Crippen LogP contribution in [0.15, 0.2) is 83.5 Å². The number of rotatable bonds is 12. The average molecular weight is 798 g/mol. The third-order valence-corrected chi connectivity index (χ3v) is 11.8. The SMILES string of the molecule is CC1(C)O[C@@H]2Cc3ccccc3[C@@H]2N1C(=O)[C@H](Cc1ccccc1)C[C@H](O)CN1CCN(C(C)(C)c2cc3cnccc3o2)C[C@H]1C(=O)NCC(F)(F)C(F)(F)F. The van der Waals surface area contributed by atoms with Crippen LogP contribution in [0, 0.1) is 5.92 Å². The van der Waals surface area contributed by atoms with Crippen molar-refractivity contribution in [3.8, 4) is 0 Å². The largest absolute Gasteiger partial charge is 0.459 e. The van der Waals surface area contributed by atoms with Crippen molar-refractivity contribution >= 4 is 22.8 Å². The highest BCUT2D eigenvalue weighted by atomic mass is 19.4. The van der Waals surface area contributed by atoms with Gasteiger partial charge in [0.2, 0.25) is 11.8 Å². The molecular weight excluding hydrogens is 749 g/mol. The van der Waals surface area contributed by atoms with Gasteiger partial charge in [0.15, 0.2) is 0 Å². The summed E-state index contributed by atoms with van der Waals surface area (Å²) in [5, 5.41) is 14.4. The molecule has 0 saturated carbocycles. The number of aliphatic hydroxyl groups is 1. The summed E-state index contributed by atoms with van der Waals surface area (Å²) in [6.07, 6.45) is -3.09. The summed E-state index contributed by atoms with van der Waals surface area (Å²) in [4.78, 5) is 37.9. The molecule has 0 unspecified atom stereocenters. The van der Waals surface area contributed by atoms with Crippen molar-refractivity contribution in [1.82, 2.24) is 25.0 Å². The Bertz CT molecular complexity index is 2040. The predicted octanol–water partition coefficient (Wildman–Crippen LogP) is 6.23. The van der Waals surface area contributed by atoms with E-state index in [0.717, 1.165) is 22.1 Å². The first kappa shape index (κ1) is 40.7. The van der Waals surface area contributed by atoms with E-state index in [1.165, 1.54) is 0 Å². The Hall–Kier alpha value is -4.44. The van der Waals surface area contributed by atoms with Crippen LogP contribution in [0.4, 0.5) is 22.0 Å². The maximum Gasteiger partial charge on any atom is 0.455 e. The number of hydrogen-bond acceptors (Lipinski definition) is 8. The van der Waals surface area contributed by atoms with Gasteiger partial charge in [0.25, 0.3) is 0 Å². The molecule has 2 aliphatic heterocycles. The topological polar surface area (TPSA) is 111 Å². The van der Waals surface area contributed by atoms with E-state index in [4.69, 9.17) is 9.15 Å². The van der Waals surface area contributed by atoms with Crippen LogP contribution in [0.3, 0.4) is 0 Å². The number of hydrogen-bond donors (Lipinski definition) is 2. The third-order valence-electron chi connectivity index (χ3n) is 11.8. The molecule has 10 nitrogen and oxygen atoms in total. The number of nitrogens with zero attached hydrogens (tertiary/aromatic N) is 4. The highest BCUT2D eigenvalue weighted by Crippen LogP contribution is 2.49. The zero-order valence-corrected chi connectivity index (χ0v) is 32.3. The number of fused-ring (bicyclic) bond motifs is 4. The second-order valence-electron chi connectivity index (χ2n) is 16.4. The lowest BCUT2D eigenvalue weighted by molar-refractivity contribution is -0.278. The van der Waals surface area contributed by atoms with Crippen molar-refractivity contribution < 1.29 is 45.8 Å². The fraction of sp³-hybridized carbons (Fsp3) is 0.500. The number of aromatic nitrogens is 1. The van der Waals surface area contributed by atoms with Crippen LogP contribution in [-0.4, -0.2) is 105 Å². The number of benzene rings is 2. The van der Waals surface area contributed by atoms with Crippen LogP contribution in [0.25, 0.3) is 11.0 Å². The lowest BCUT2D eigenvalue weighted by Crippen LogP contribution is -2.64. The van der Waals surface area contributed by atoms with E-state index < -0.39 is 53.9 Å². The highest BCUT2D eigenvalue weighted by molar-refractivity contribution is 5.83. The van der Waals surface area contributed by atoms with Crippen molar-refractivity contribution in [2.45, 2.75) is 94.6 Å². The number of carbonyl (C=O) groups excluding carboxylic acids is 2. The zero-order chi connectivity index (χ0) is 40.9. The summed E-state index contributed by atoms with van der Waals surface area (Å²) in [5.41, 5.74) is 1.81. The van der Waals surface area contributed by atoms with Crippen molar-refractivity contribution in [1.29, 1.82) is 0 Å². The third kappa shape index (κ3) is 8.16. The van der Waals surface area contributed by atoms with Crippen LogP contribution in [-0.2, 0) is 32.7 Å². The number of β-amino-alcohol motifs (C(OH)–C–C–N with tert-alkyl or cyclic N) is 1. The van der Waals surface area contributed by atoms with Gasteiger partial charge in [0, 0.05) is 56.3 Å². The van der Waals surface area contributed by atoms with Gasteiger partial charge in [-0.25, -0.2) is 0 Å². The monoisotopic (exact) mass is 797 g/mol. The van der Waals surface area contributed by atoms with Gasteiger partial charge in [0.05, 0.1) is 30.3 Å². The van der Waals surface area contributed by atoms with Crippen LogP contribution in [0.5, 0.6) is 0 Å². The summed E-state index contributed by atoms with van der Waals surface area (Å²) in [6, 6.07) is 19.3. The minimum absolute atomic E-state index is 0.0153. The molecule has 4 aromatic rings.